The monoisotopic (exact) mass is 315 g/mol. The maximum Gasteiger partial charge on any atom is 0.257 e. The van der Waals surface area contributed by atoms with Crippen molar-refractivity contribution in [2.75, 3.05) is 26.2 Å². The van der Waals surface area contributed by atoms with Crippen LogP contribution in [0.25, 0.3) is 0 Å². The molecule has 1 aliphatic rings. The van der Waals surface area contributed by atoms with Gasteiger partial charge in [-0.2, -0.15) is 0 Å². The maximum absolute atomic E-state index is 12.7. The molecule has 2 heterocycles. The van der Waals surface area contributed by atoms with Crippen LogP contribution in [0.3, 0.4) is 0 Å². The fourth-order valence-corrected chi connectivity index (χ4v) is 2.67. The van der Waals surface area contributed by atoms with Crippen LogP contribution in [0.2, 0.25) is 0 Å². The summed E-state index contributed by atoms with van der Waals surface area (Å²) in [6.07, 6.45) is 0. The van der Waals surface area contributed by atoms with Gasteiger partial charge in [-0.05, 0) is 26.0 Å². The van der Waals surface area contributed by atoms with Gasteiger partial charge in [-0.15, -0.1) is 0 Å². The second-order valence-corrected chi connectivity index (χ2v) is 5.63. The SMILES string of the molecule is Cc1noc(C)c1COc1ccccc1C(=O)N1CCNCC1. The van der Waals surface area contributed by atoms with Gasteiger partial charge in [0.05, 0.1) is 16.8 Å². The van der Waals surface area contributed by atoms with Gasteiger partial charge in [0.25, 0.3) is 5.91 Å². The summed E-state index contributed by atoms with van der Waals surface area (Å²) in [6, 6.07) is 7.37. The molecule has 0 atom stereocenters. The lowest BCUT2D eigenvalue weighted by molar-refractivity contribution is 0.0731. The molecule has 122 valence electrons. The third-order valence-corrected chi connectivity index (χ3v) is 4.07. The van der Waals surface area contributed by atoms with Gasteiger partial charge in [0.15, 0.2) is 0 Å². The van der Waals surface area contributed by atoms with Crippen molar-refractivity contribution < 1.29 is 14.1 Å². The number of hydrogen-bond acceptors (Lipinski definition) is 5. The highest BCUT2D eigenvalue weighted by Gasteiger charge is 2.21. The Morgan fingerprint density at radius 2 is 2.04 bits per heavy atom. The minimum atomic E-state index is 0.0147. The molecule has 1 aromatic carbocycles. The van der Waals surface area contributed by atoms with E-state index in [1.54, 1.807) is 0 Å². The van der Waals surface area contributed by atoms with Crippen molar-refractivity contribution in [2.24, 2.45) is 0 Å². The number of carbonyl (C=O) groups excluding carboxylic acids is 1. The molecule has 0 saturated carbocycles. The van der Waals surface area contributed by atoms with Gasteiger partial charge >= 0.3 is 0 Å². The summed E-state index contributed by atoms with van der Waals surface area (Å²) in [6.45, 7) is 7.17. The number of aryl methyl sites for hydroxylation is 2. The minimum Gasteiger partial charge on any atom is -0.488 e. The van der Waals surface area contributed by atoms with Crippen LogP contribution in [0.5, 0.6) is 5.75 Å². The largest absolute Gasteiger partial charge is 0.488 e. The number of nitrogens with zero attached hydrogens (tertiary/aromatic N) is 2. The summed E-state index contributed by atoms with van der Waals surface area (Å²) in [4.78, 5) is 14.6. The summed E-state index contributed by atoms with van der Waals surface area (Å²) in [5.74, 6) is 1.35. The lowest BCUT2D eigenvalue weighted by atomic mass is 10.1. The lowest BCUT2D eigenvalue weighted by Gasteiger charge is -2.28. The lowest BCUT2D eigenvalue weighted by Crippen LogP contribution is -2.46. The fraction of sp³-hybridized carbons (Fsp3) is 0.412. The van der Waals surface area contributed by atoms with Gasteiger partial charge in [-0.1, -0.05) is 17.3 Å². The smallest absolute Gasteiger partial charge is 0.257 e. The molecule has 0 aliphatic carbocycles. The van der Waals surface area contributed by atoms with Crippen molar-refractivity contribution in [1.29, 1.82) is 0 Å². The van der Waals surface area contributed by atoms with Gasteiger partial charge in [0, 0.05) is 26.2 Å². The number of aromatic nitrogens is 1. The molecule has 0 radical (unpaired) electrons. The number of benzene rings is 1. The van der Waals surface area contributed by atoms with Gasteiger partial charge in [0.2, 0.25) is 0 Å². The molecule has 1 aliphatic heterocycles. The van der Waals surface area contributed by atoms with E-state index in [-0.39, 0.29) is 5.91 Å². The Balaban J connectivity index is 1.76. The molecule has 2 aromatic rings. The molecule has 6 nitrogen and oxygen atoms in total. The summed E-state index contributed by atoms with van der Waals surface area (Å²) in [5.41, 5.74) is 2.34. The number of ether oxygens (including phenoxy) is 1. The Labute approximate surface area is 135 Å². The molecule has 1 aromatic heterocycles. The van der Waals surface area contributed by atoms with Crippen LogP contribution in [0.1, 0.15) is 27.4 Å². The first-order valence-corrected chi connectivity index (χ1v) is 7.80. The van der Waals surface area contributed by atoms with E-state index in [1.165, 1.54) is 0 Å². The molecule has 1 saturated heterocycles. The summed E-state index contributed by atoms with van der Waals surface area (Å²) in [7, 11) is 0. The highest BCUT2D eigenvalue weighted by Crippen LogP contribution is 2.23. The molecule has 6 heteroatoms. The Morgan fingerprint density at radius 3 is 2.74 bits per heavy atom. The number of para-hydroxylation sites is 1. The first-order chi connectivity index (χ1) is 11.2. The minimum absolute atomic E-state index is 0.0147. The zero-order valence-corrected chi connectivity index (χ0v) is 13.5. The van der Waals surface area contributed by atoms with E-state index in [0.717, 1.165) is 43.2 Å². The van der Waals surface area contributed by atoms with Gasteiger partial charge < -0.3 is 19.5 Å². The average Bonchev–Trinajstić information content (AvgIpc) is 2.92. The van der Waals surface area contributed by atoms with E-state index >= 15 is 0 Å². The molecule has 23 heavy (non-hydrogen) atoms. The standard InChI is InChI=1S/C17H21N3O3/c1-12-15(13(2)23-19-12)11-22-16-6-4-3-5-14(16)17(21)20-9-7-18-8-10-20/h3-6,18H,7-11H2,1-2H3. The molecule has 1 amide bonds. The second-order valence-electron chi connectivity index (χ2n) is 5.63. The number of hydrogen-bond donors (Lipinski definition) is 1. The zero-order chi connectivity index (χ0) is 16.2. The Morgan fingerprint density at radius 1 is 1.30 bits per heavy atom. The molecule has 0 unspecified atom stereocenters. The van der Waals surface area contributed by atoms with Crippen LogP contribution in [0.15, 0.2) is 28.8 Å². The highest BCUT2D eigenvalue weighted by molar-refractivity contribution is 5.97. The Kier molecular flexibility index (Phi) is 4.62. The van der Waals surface area contributed by atoms with Crippen molar-refractivity contribution in [3.63, 3.8) is 0 Å². The summed E-state index contributed by atoms with van der Waals surface area (Å²) < 4.78 is 11.0. The first kappa shape index (κ1) is 15.6. The zero-order valence-electron chi connectivity index (χ0n) is 13.5. The van der Waals surface area contributed by atoms with Crippen LogP contribution in [-0.2, 0) is 6.61 Å². The quantitative estimate of drug-likeness (QED) is 0.933. The van der Waals surface area contributed by atoms with Gasteiger partial charge in [0.1, 0.15) is 18.1 Å². The van der Waals surface area contributed by atoms with E-state index in [9.17, 15) is 4.79 Å². The van der Waals surface area contributed by atoms with Gasteiger partial charge in [-0.25, -0.2) is 0 Å². The van der Waals surface area contributed by atoms with Crippen LogP contribution in [0.4, 0.5) is 0 Å². The van der Waals surface area contributed by atoms with Crippen LogP contribution in [-0.4, -0.2) is 42.1 Å². The van der Waals surface area contributed by atoms with Crippen molar-refractivity contribution in [3.05, 3.63) is 46.8 Å². The molecule has 1 fully saturated rings. The second kappa shape index (κ2) is 6.83. The molecule has 0 bridgehead atoms. The predicted octanol–water partition coefficient (Wildman–Crippen LogP) is 1.92. The number of piperazine rings is 1. The third kappa shape index (κ3) is 3.37. The Hall–Kier alpha value is -2.34. The maximum atomic E-state index is 12.7. The summed E-state index contributed by atoms with van der Waals surface area (Å²) >= 11 is 0. The molecular weight excluding hydrogens is 294 g/mol. The van der Waals surface area contributed by atoms with E-state index in [2.05, 4.69) is 10.5 Å². The first-order valence-electron chi connectivity index (χ1n) is 7.80. The van der Waals surface area contributed by atoms with Crippen molar-refractivity contribution in [2.45, 2.75) is 20.5 Å². The number of rotatable bonds is 4. The number of amides is 1. The van der Waals surface area contributed by atoms with Crippen molar-refractivity contribution >= 4 is 5.91 Å². The van der Waals surface area contributed by atoms with Crippen LogP contribution >= 0.6 is 0 Å². The van der Waals surface area contributed by atoms with Gasteiger partial charge in [-0.3, -0.25) is 4.79 Å². The summed E-state index contributed by atoms with van der Waals surface area (Å²) in [5, 5.41) is 7.17. The molecule has 3 rings (SSSR count). The average molecular weight is 315 g/mol. The number of carbonyl (C=O) groups is 1. The van der Waals surface area contributed by atoms with E-state index in [0.29, 0.717) is 17.9 Å². The highest BCUT2D eigenvalue weighted by atomic mass is 16.5. The Bertz CT molecular complexity index is 671. The topological polar surface area (TPSA) is 67.6 Å². The van der Waals surface area contributed by atoms with E-state index in [4.69, 9.17) is 9.26 Å². The van der Waals surface area contributed by atoms with Crippen molar-refractivity contribution in [1.82, 2.24) is 15.4 Å². The predicted molar refractivity (Wildman–Crippen MR) is 85.5 cm³/mol. The fourth-order valence-electron chi connectivity index (χ4n) is 2.67. The van der Waals surface area contributed by atoms with Crippen molar-refractivity contribution in [3.8, 4) is 5.75 Å². The van der Waals surface area contributed by atoms with Crippen LogP contribution in [0, 0.1) is 13.8 Å². The molecule has 0 spiro atoms. The van der Waals surface area contributed by atoms with Crippen LogP contribution < -0.4 is 10.1 Å². The van der Waals surface area contributed by atoms with E-state index < -0.39 is 0 Å². The molecular formula is C17H21N3O3. The van der Waals surface area contributed by atoms with E-state index in [1.807, 2.05) is 43.0 Å². The normalized spacial score (nSPS) is 14.8. The molecule has 1 N–H and O–H groups in total. The third-order valence-electron chi connectivity index (χ3n) is 4.07. The number of nitrogens with one attached hydrogen (secondary N) is 1.